The number of unbranched alkanes of at least 4 members (excludes halogenated alkanes) is 15. The van der Waals surface area contributed by atoms with Gasteiger partial charge < -0.3 is 0 Å². The molecule has 0 aliphatic rings. The Labute approximate surface area is 198 Å². The van der Waals surface area contributed by atoms with Crippen LogP contribution in [-0.2, 0) is 6.54 Å². The van der Waals surface area contributed by atoms with Gasteiger partial charge in [-0.15, -0.1) is 0 Å². The second-order valence-electron chi connectivity index (χ2n) is 9.49. The Kier molecular flexibility index (Phi) is 14.6. The third kappa shape index (κ3) is 11.2. The fourth-order valence-electron chi connectivity index (χ4n) is 4.63. The molecule has 0 saturated carbocycles. The number of aryl methyl sites for hydroxylation is 1. The molecule has 0 aliphatic heterocycles. The van der Waals surface area contributed by atoms with Gasteiger partial charge in [-0.25, -0.2) is 9.13 Å². The number of hydrogen-bond acceptors (Lipinski definition) is 0. The molecule has 0 aliphatic carbocycles. The minimum absolute atomic E-state index is 0.211. The number of rotatable bonds is 20. The van der Waals surface area contributed by atoms with Crippen LogP contribution in [-0.4, -0.2) is 4.57 Å². The first-order valence-corrected chi connectivity index (χ1v) is 13.6. The maximum atomic E-state index is 4.04. The summed E-state index contributed by atoms with van der Waals surface area (Å²) in [4.78, 5) is 0. The summed E-state index contributed by atoms with van der Waals surface area (Å²) in [6.45, 7) is 7.45. The molecule has 1 atom stereocenters. The first kappa shape index (κ1) is 26.4. The summed E-state index contributed by atoms with van der Waals surface area (Å²) >= 11 is 0. The van der Waals surface area contributed by atoms with Crippen LogP contribution in [0.1, 0.15) is 121 Å². The highest BCUT2D eigenvalue weighted by molar-refractivity contribution is 5.23. The Balaban J connectivity index is 1.43. The summed E-state index contributed by atoms with van der Waals surface area (Å²) in [6, 6.07) is 10.8. The number of allylic oxidation sites excluding steroid dienone is 1. The topological polar surface area (TPSA) is 8.81 Å². The second-order valence-corrected chi connectivity index (χ2v) is 9.49. The molecule has 178 valence electrons. The third-order valence-electron chi connectivity index (χ3n) is 6.67. The molecule has 2 aromatic rings. The highest BCUT2D eigenvalue weighted by Gasteiger charge is 2.15. The van der Waals surface area contributed by atoms with Gasteiger partial charge in [-0.05, 0) is 18.9 Å². The van der Waals surface area contributed by atoms with Crippen molar-refractivity contribution in [2.45, 2.75) is 122 Å². The van der Waals surface area contributed by atoms with E-state index in [-0.39, 0.29) is 6.04 Å². The minimum atomic E-state index is 0.211. The fraction of sp³-hybridized carbons (Fsp3) is 0.633. The van der Waals surface area contributed by atoms with Crippen molar-refractivity contribution >= 4 is 0 Å². The molecule has 2 rings (SSSR count). The Morgan fingerprint density at radius 1 is 0.750 bits per heavy atom. The maximum absolute atomic E-state index is 4.04. The molecule has 32 heavy (non-hydrogen) atoms. The van der Waals surface area contributed by atoms with Gasteiger partial charge in [0.05, 0.1) is 6.54 Å². The number of benzene rings is 1. The van der Waals surface area contributed by atoms with Crippen LogP contribution in [0.2, 0.25) is 0 Å². The number of aromatic nitrogens is 2. The number of hydrogen-bond donors (Lipinski definition) is 0. The van der Waals surface area contributed by atoms with E-state index in [0.29, 0.717) is 0 Å². The molecule has 2 nitrogen and oxygen atoms in total. The SMILES string of the molecule is C=CC(c1ccccc1)n1cc[n+](CCCCCCCCCCCCCCCCCC)c1. The Morgan fingerprint density at radius 2 is 1.25 bits per heavy atom. The van der Waals surface area contributed by atoms with Crippen LogP contribution in [0.4, 0.5) is 0 Å². The van der Waals surface area contributed by atoms with Crippen molar-refractivity contribution < 1.29 is 4.57 Å². The van der Waals surface area contributed by atoms with E-state index in [0.717, 1.165) is 6.54 Å². The van der Waals surface area contributed by atoms with Crippen LogP contribution in [0, 0.1) is 0 Å². The summed E-state index contributed by atoms with van der Waals surface area (Å²) < 4.78 is 4.58. The fourth-order valence-corrected chi connectivity index (χ4v) is 4.63. The molecule has 0 saturated heterocycles. The van der Waals surface area contributed by atoms with Gasteiger partial charge in [0.1, 0.15) is 18.4 Å². The molecule has 1 heterocycles. The Bertz CT molecular complexity index is 688. The average molecular weight is 438 g/mol. The molecule has 1 aromatic heterocycles. The zero-order valence-corrected chi connectivity index (χ0v) is 20.9. The first-order valence-electron chi connectivity index (χ1n) is 13.6. The van der Waals surface area contributed by atoms with Crippen LogP contribution in [0.3, 0.4) is 0 Å². The molecule has 0 fully saturated rings. The highest BCUT2D eigenvalue weighted by atomic mass is 15.1. The largest absolute Gasteiger partial charge is 0.244 e. The van der Waals surface area contributed by atoms with Crippen LogP contribution < -0.4 is 4.57 Å². The number of nitrogens with zero attached hydrogens (tertiary/aromatic N) is 2. The van der Waals surface area contributed by atoms with E-state index in [1.807, 2.05) is 6.08 Å². The first-order chi connectivity index (χ1) is 15.8. The van der Waals surface area contributed by atoms with Gasteiger partial charge >= 0.3 is 0 Å². The van der Waals surface area contributed by atoms with Gasteiger partial charge in [-0.2, -0.15) is 0 Å². The molecule has 0 N–H and O–H groups in total. The number of imidazole rings is 1. The lowest BCUT2D eigenvalue weighted by Gasteiger charge is -2.08. The second kappa shape index (κ2) is 17.7. The normalized spacial score (nSPS) is 12.2. The van der Waals surface area contributed by atoms with Gasteiger partial charge in [0, 0.05) is 5.56 Å². The molecular weight excluding hydrogens is 388 g/mol. The van der Waals surface area contributed by atoms with Crippen molar-refractivity contribution in [1.82, 2.24) is 4.57 Å². The lowest BCUT2D eigenvalue weighted by Crippen LogP contribution is -2.31. The van der Waals surface area contributed by atoms with Crippen LogP contribution in [0.25, 0.3) is 0 Å². The minimum Gasteiger partial charge on any atom is -0.237 e. The standard InChI is InChI=1S/C30H49N2/c1-3-5-6-7-8-9-10-11-12-13-14-15-16-17-18-22-25-31-26-27-32(28-31)30(4-2)29-23-20-19-21-24-29/h4,19-21,23-24,26-28,30H,2-3,5-18,22,25H2,1H3/q+1. The molecule has 1 aromatic carbocycles. The molecule has 0 bridgehead atoms. The van der Waals surface area contributed by atoms with E-state index < -0.39 is 0 Å². The predicted octanol–water partition coefficient (Wildman–Crippen LogP) is 8.81. The summed E-state index contributed by atoms with van der Waals surface area (Å²) in [5, 5.41) is 0. The summed E-state index contributed by atoms with van der Waals surface area (Å²) in [5.74, 6) is 0. The quantitative estimate of drug-likeness (QED) is 0.111. The van der Waals surface area contributed by atoms with E-state index in [4.69, 9.17) is 0 Å². The van der Waals surface area contributed by atoms with Crippen molar-refractivity contribution in [1.29, 1.82) is 0 Å². The highest BCUT2D eigenvalue weighted by Crippen LogP contribution is 2.18. The average Bonchev–Trinajstić information content (AvgIpc) is 3.28. The maximum Gasteiger partial charge on any atom is 0.244 e. The molecule has 1 unspecified atom stereocenters. The third-order valence-corrected chi connectivity index (χ3v) is 6.67. The monoisotopic (exact) mass is 437 g/mol. The van der Waals surface area contributed by atoms with Crippen LogP contribution in [0.15, 0.2) is 61.7 Å². The molecule has 0 spiro atoms. The summed E-state index contributed by atoms with van der Waals surface area (Å²) in [5.41, 5.74) is 1.28. The van der Waals surface area contributed by atoms with E-state index in [9.17, 15) is 0 Å². The Morgan fingerprint density at radius 3 is 1.75 bits per heavy atom. The molecule has 0 radical (unpaired) electrons. The zero-order valence-electron chi connectivity index (χ0n) is 20.9. The van der Waals surface area contributed by atoms with Crippen molar-refractivity contribution in [3.63, 3.8) is 0 Å². The van der Waals surface area contributed by atoms with E-state index in [2.05, 4.69) is 71.7 Å². The van der Waals surface area contributed by atoms with Crippen molar-refractivity contribution in [2.75, 3.05) is 0 Å². The van der Waals surface area contributed by atoms with Gasteiger partial charge in [0.15, 0.2) is 0 Å². The van der Waals surface area contributed by atoms with Crippen molar-refractivity contribution in [3.05, 3.63) is 67.3 Å². The van der Waals surface area contributed by atoms with E-state index >= 15 is 0 Å². The van der Waals surface area contributed by atoms with Crippen molar-refractivity contribution in [2.24, 2.45) is 0 Å². The molecular formula is C30H49N2+. The van der Waals surface area contributed by atoms with Crippen LogP contribution in [0.5, 0.6) is 0 Å². The van der Waals surface area contributed by atoms with Gasteiger partial charge in [0.2, 0.25) is 6.33 Å². The smallest absolute Gasteiger partial charge is 0.237 e. The van der Waals surface area contributed by atoms with Gasteiger partial charge in [0.25, 0.3) is 0 Å². The van der Waals surface area contributed by atoms with E-state index in [1.54, 1.807) is 0 Å². The summed E-state index contributed by atoms with van der Waals surface area (Å²) in [6.07, 6.45) is 31.4. The van der Waals surface area contributed by atoms with Crippen LogP contribution >= 0.6 is 0 Å². The summed E-state index contributed by atoms with van der Waals surface area (Å²) in [7, 11) is 0. The molecule has 0 amide bonds. The Hall–Kier alpha value is -1.83. The van der Waals surface area contributed by atoms with E-state index in [1.165, 1.54) is 108 Å². The lowest BCUT2D eigenvalue weighted by atomic mass is 10.0. The van der Waals surface area contributed by atoms with Gasteiger partial charge in [-0.1, -0.05) is 134 Å². The predicted molar refractivity (Wildman–Crippen MR) is 139 cm³/mol. The zero-order chi connectivity index (χ0) is 22.7. The van der Waals surface area contributed by atoms with Crippen molar-refractivity contribution in [3.8, 4) is 0 Å². The van der Waals surface area contributed by atoms with Gasteiger partial charge in [-0.3, -0.25) is 0 Å². The molecule has 2 heteroatoms. The lowest BCUT2D eigenvalue weighted by molar-refractivity contribution is -0.697.